The number of aromatic nitrogens is 2. The molecule has 1 fully saturated rings. The largest absolute Gasteiger partial charge is 0.466 e. The summed E-state index contributed by atoms with van der Waals surface area (Å²) in [5.41, 5.74) is 1.68. The highest BCUT2D eigenvalue weighted by molar-refractivity contribution is 7.08. The lowest BCUT2D eigenvalue weighted by Gasteiger charge is -2.36. The van der Waals surface area contributed by atoms with Crippen LogP contribution in [0, 0.1) is 11.7 Å². The van der Waals surface area contributed by atoms with Gasteiger partial charge in [0.25, 0.3) is 5.91 Å². The number of piperidine rings is 1. The van der Waals surface area contributed by atoms with E-state index in [1.54, 1.807) is 19.1 Å². The number of likely N-dealkylation sites (tertiary alicyclic amines) is 1. The van der Waals surface area contributed by atoms with Gasteiger partial charge in [0.2, 0.25) is 0 Å². The average Bonchev–Trinajstić information content (AvgIpc) is 3.21. The van der Waals surface area contributed by atoms with Crippen molar-refractivity contribution in [1.82, 2.24) is 14.5 Å². The number of benzene rings is 1. The van der Waals surface area contributed by atoms with Crippen LogP contribution in [0.25, 0.3) is 0 Å². The molecule has 1 amide bonds. The van der Waals surface area contributed by atoms with E-state index in [0.717, 1.165) is 35.6 Å². The molecule has 1 saturated heterocycles. The number of halogens is 1. The third-order valence-electron chi connectivity index (χ3n) is 5.47. The third-order valence-corrected chi connectivity index (χ3v) is 6.23. The Kier molecular flexibility index (Phi) is 7.30. The van der Waals surface area contributed by atoms with Gasteiger partial charge in [-0.2, -0.15) is 0 Å². The highest BCUT2D eigenvalue weighted by atomic mass is 32.1. The first-order valence-corrected chi connectivity index (χ1v) is 10.8. The zero-order chi connectivity index (χ0) is 20.8. The Labute approximate surface area is 174 Å². The highest BCUT2D eigenvalue weighted by Crippen LogP contribution is 2.36. The van der Waals surface area contributed by atoms with Crippen molar-refractivity contribution in [3.05, 3.63) is 46.2 Å². The number of hydrogen-bond donors (Lipinski definition) is 0. The number of amides is 1. The molecule has 29 heavy (non-hydrogen) atoms. The molecule has 6 nitrogen and oxygen atoms in total. The Morgan fingerprint density at radius 2 is 1.93 bits per heavy atom. The summed E-state index contributed by atoms with van der Waals surface area (Å²) in [4.78, 5) is 27.5. The Morgan fingerprint density at radius 3 is 2.55 bits per heavy atom. The summed E-state index contributed by atoms with van der Waals surface area (Å²) in [7, 11) is 0. The van der Waals surface area contributed by atoms with Crippen LogP contribution >= 0.6 is 11.5 Å². The first-order valence-electron chi connectivity index (χ1n) is 10.0. The summed E-state index contributed by atoms with van der Waals surface area (Å²) in [6.45, 7) is 5.32. The number of carbonyl (C=O) groups is 2. The molecular formula is C21H26FN3O3S. The summed E-state index contributed by atoms with van der Waals surface area (Å²) in [6.07, 6.45) is 2.50. The van der Waals surface area contributed by atoms with Gasteiger partial charge < -0.3 is 9.64 Å². The summed E-state index contributed by atoms with van der Waals surface area (Å²) < 4.78 is 22.4. The van der Waals surface area contributed by atoms with Crippen molar-refractivity contribution >= 4 is 23.4 Å². The maximum absolute atomic E-state index is 13.4. The molecule has 0 spiro atoms. The zero-order valence-electron chi connectivity index (χ0n) is 16.8. The van der Waals surface area contributed by atoms with Gasteiger partial charge in [-0.25, -0.2) is 4.39 Å². The summed E-state index contributed by atoms with van der Waals surface area (Å²) in [5, 5.41) is 4.03. The predicted molar refractivity (Wildman–Crippen MR) is 108 cm³/mol. The molecule has 2 heterocycles. The Hall–Kier alpha value is -2.35. The van der Waals surface area contributed by atoms with Gasteiger partial charge in [-0.3, -0.25) is 9.59 Å². The van der Waals surface area contributed by atoms with E-state index in [1.807, 2.05) is 11.8 Å². The SMILES string of the molecule is CCOC(=O)CC(c1ccc(F)cc1)C1CCN(C(=O)c2snnc2CC)CC1. The topological polar surface area (TPSA) is 72.4 Å². The number of nitrogens with zero attached hydrogens (tertiary/aromatic N) is 3. The van der Waals surface area contributed by atoms with Crippen LogP contribution in [0.4, 0.5) is 4.39 Å². The maximum Gasteiger partial charge on any atom is 0.306 e. The van der Waals surface area contributed by atoms with Crippen LogP contribution in [0.2, 0.25) is 0 Å². The molecule has 1 aromatic heterocycles. The molecule has 8 heteroatoms. The molecule has 3 rings (SSSR count). The van der Waals surface area contributed by atoms with E-state index in [0.29, 0.717) is 31.0 Å². The van der Waals surface area contributed by atoms with Crippen molar-refractivity contribution < 1.29 is 18.7 Å². The molecule has 1 aliphatic heterocycles. The summed E-state index contributed by atoms with van der Waals surface area (Å²) in [5.74, 6) is -0.390. The normalized spacial score (nSPS) is 15.9. The van der Waals surface area contributed by atoms with Crippen molar-refractivity contribution in [2.75, 3.05) is 19.7 Å². The van der Waals surface area contributed by atoms with Gasteiger partial charge in [-0.1, -0.05) is 23.5 Å². The number of ether oxygens (including phenoxy) is 1. The van der Waals surface area contributed by atoms with Crippen molar-refractivity contribution in [3.63, 3.8) is 0 Å². The summed E-state index contributed by atoms with van der Waals surface area (Å²) in [6, 6.07) is 6.34. The second kappa shape index (κ2) is 9.91. The van der Waals surface area contributed by atoms with Crippen molar-refractivity contribution in [1.29, 1.82) is 0 Å². The van der Waals surface area contributed by atoms with Gasteiger partial charge in [0.1, 0.15) is 10.7 Å². The Bertz CT molecular complexity index is 832. The number of esters is 1. The number of hydrogen-bond acceptors (Lipinski definition) is 6. The third kappa shape index (κ3) is 5.18. The van der Waals surface area contributed by atoms with Crippen LogP contribution in [0.1, 0.15) is 60.0 Å². The van der Waals surface area contributed by atoms with E-state index in [-0.39, 0.29) is 36.0 Å². The molecule has 1 unspecified atom stereocenters. The molecule has 2 aromatic rings. The van der Waals surface area contributed by atoms with E-state index in [4.69, 9.17) is 4.74 Å². The molecule has 0 saturated carbocycles. The Morgan fingerprint density at radius 1 is 1.24 bits per heavy atom. The fourth-order valence-corrected chi connectivity index (χ4v) is 4.64. The molecule has 0 N–H and O–H groups in total. The van der Waals surface area contributed by atoms with Crippen LogP contribution in [0.15, 0.2) is 24.3 Å². The van der Waals surface area contributed by atoms with E-state index in [9.17, 15) is 14.0 Å². The van der Waals surface area contributed by atoms with Gasteiger partial charge in [0, 0.05) is 13.1 Å². The van der Waals surface area contributed by atoms with E-state index < -0.39 is 0 Å². The number of carbonyl (C=O) groups excluding carboxylic acids is 2. The van der Waals surface area contributed by atoms with Gasteiger partial charge in [-0.05, 0) is 67.3 Å². The van der Waals surface area contributed by atoms with Crippen LogP contribution in [0.3, 0.4) is 0 Å². The monoisotopic (exact) mass is 419 g/mol. The molecule has 0 aliphatic carbocycles. The molecule has 1 aliphatic rings. The minimum atomic E-state index is -0.297. The fraction of sp³-hybridized carbons (Fsp3) is 0.524. The van der Waals surface area contributed by atoms with Crippen molar-refractivity contribution in [2.45, 2.75) is 45.4 Å². The lowest BCUT2D eigenvalue weighted by Crippen LogP contribution is -2.40. The molecule has 0 bridgehead atoms. The minimum absolute atomic E-state index is 0.0148. The molecule has 156 valence electrons. The standard InChI is InChI=1S/C21H26FN3O3S/c1-3-18-20(29-24-23-18)21(27)25-11-9-15(10-12-25)17(13-19(26)28-4-2)14-5-7-16(22)8-6-14/h5-8,15,17H,3-4,9-13H2,1-2H3. The van der Waals surface area contributed by atoms with Crippen LogP contribution in [-0.4, -0.2) is 46.1 Å². The van der Waals surface area contributed by atoms with E-state index in [2.05, 4.69) is 9.59 Å². The lowest BCUT2D eigenvalue weighted by atomic mass is 9.78. The van der Waals surface area contributed by atoms with Gasteiger partial charge in [0.05, 0.1) is 18.7 Å². The molecule has 1 aromatic carbocycles. The molecule has 0 radical (unpaired) electrons. The second-order valence-electron chi connectivity index (χ2n) is 7.20. The quantitative estimate of drug-likeness (QED) is 0.638. The van der Waals surface area contributed by atoms with Gasteiger partial charge >= 0.3 is 5.97 Å². The van der Waals surface area contributed by atoms with E-state index >= 15 is 0 Å². The van der Waals surface area contributed by atoms with Crippen LogP contribution < -0.4 is 0 Å². The van der Waals surface area contributed by atoms with Gasteiger partial charge in [-0.15, -0.1) is 5.10 Å². The first-order chi connectivity index (χ1) is 14.0. The highest BCUT2D eigenvalue weighted by Gasteiger charge is 2.32. The smallest absolute Gasteiger partial charge is 0.306 e. The van der Waals surface area contributed by atoms with Crippen molar-refractivity contribution in [2.24, 2.45) is 5.92 Å². The molecule has 1 atom stereocenters. The number of rotatable bonds is 7. The second-order valence-corrected chi connectivity index (χ2v) is 7.95. The molecular weight excluding hydrogens is 393 g/mol. The zero-order valence-corrected chi connectivity index (χ0v) is 17.6. The van der Waals surface area contributed by atoms with Crippen LogP contribution in [0.5, 0.6) is 0 Å². The maximum atomic E-state index is 13.4. The Balaban J connectivity index is 1.70. The van der Waals surface area contributed by atoms with Crippen molar-refractivity contribution in [3.8, 4) is 0 Å². The van der Waals surface area contributed by atoms with Crippen LogP contribution in [-0.2, 0) is 16.0 Å². The number of aryl methyl sites for hydroxylation is 1. The first kappa shape index (κ1) is 21.4. The van der Waals surface area contributed by atoms with Gasteiger partial charge in [0.15, 0.2) is 0 Å². The minimum Gasteiger partial charge on any atom is -0.466 e. The fourth-order valence-electron chi connectivity index (χ4n) is 3.92. The lowest BCUT2D eigenvalue weighted by molar-refractivity contribution is -0.144. The van der Waals surface area contributed by atoms with E-state index in [1.165, 1.54) is 12.1 Å². The summed E-state index contributed by atoms with van der Waals surface area (Å²) >= 11 is 1.15. The predicted octanol–water partition coefficient (Wildman–Crippen LogP) is 3.83. The average molecular weight is 420 g/mol.